The number of amides is 1. The lowest BCUT2D eigenvalue weighted by molar-refractivity contribution is -0.139. The molecule has 1 aliphatic rings. The summed E-state index contributed by atoms with van der Waals surface area (Å²) in [6, 6.07) is 0. The van der Waals surface area contributed by atoms with E-state index in [0.29, 0.717) is 13.0 Å². The largest absolute Gasteiger partial charge is 0.317 e. The van der Waals surface area contributed by atoms with Gasteiger partial charge in [-0.15, -0.1) is 4.91 Å². The van der Waals surface area contributed by atoms with E-state index in [-0.39, 0.29) is 17.2 Å². The van der Waals surface area contributed by atoms with Crippen LogP contribution in [0.2, 0.25) is 0 Å². The first-order chi connectivity index (χ1) is 8.88. The summed E-state index contributed by atoms with van der Waals surface area (Å²) in [6.45, 7) is 16.7. The first-order valence-electron chi connectivity index (χ1n) is 7.51. The fourth-order valence-electron chi connectivity index (χ4n) is 1.73. The molecule has 0 aromatic carbocycles. The second-order valence-corrected chi connectivity index (χ2v) is 5.35. The van der Waals surface area contributed by atoms with Gasteiger partial charge in [0.25, 0.3) is 0 Å². The lowest BCUT2D eigenvalue weighted by Crippen LogP contribution is -2.41. The lowest BCUT2D eigenvalue weighted by Gasteiger charge is -2.31. The monoisotopic (exact) mass is 272 g/mol. The highest BCUT2D eigenvalue weighted by molar-refractivity contribution is 5.79. The molecule has 4 nitrogen and oxygen atoms in total. The zero-order valence-corrected chi connectivity index (χ0v) is 14.0. The zero-order valence-electron chi connectivity index (χ0n) is 14.0. The Bertz CT molecular complexity index is 259. The van der Waals surface area contributed by atoms with E-state index in [2.05, 4.69) is 5.18 Å². The Morgan fingerprint density at radius 2 is 1.68 bits per heavy atom. The second-order valence-electron chi connectivity index (χ2n) is 5.35. The molecule has 114 valence electrons. The van der Waals surface area contributed by atoms with Gasteiger partial charge in [0.1, 0.15) is 0 Å². The summed E-state index contributed by atoms with van der Waals surface area (Å²) >= 11 is 0. The Morgan fingerprint density at radius 1 is 1.21 bits per heavy atom. The Balaban J connectivity index is 0. The number of carbonyl (C=O) groups excluding carboxylic acids is 1. The van der Waals surface area contributed by atoms with Gasteiger partial charge in [-0.2, -0.15) is 0 Å². The SMILES string of the molecule is CC.CC.CC(C(=O)N1CCCC1N=O)C(C)(C)C. The van der Waals surface area contributed by atoms with E-state index in [0.717, 1.165) is 6.42 Å². The number of carbonyl (C=O) groups is 1. The number of rotatable bonds is 2. The van der Waals surface area contributed by atoms with Crippen LogP contribution in [0.25, 0.3) is 0 Å². The summed E-state index contributed by atoms with van der Waals surface area (Å²) < 4.78 is 0. The van der Waals surface area contributed by atoms with Crippen LogP contribution in [0, 0.1) is 16.2 Å². The van der Waals surface area contributed by atoms with E-state index in [9.17, 15) is 9.70 Å². The van der Waals surface area contributed by atoms with Crippen molar-refractivity contribution in [2.75, 3.05) is 6.54 Å². The highest BCUT2D eigenvalue weighted by atomic mass is 16.3. The van der Waals surface area contributed by atoms with Crippen LogP contribution in [-0.4, -0.2) is 23.5 Å². The number of hydrogen-bond acceptors (Lipinski definition) is 3. The van der Waals surface area contributed by atoms with Crippen LogP contribution in [0.4, 0.5) is 0 Å². The molecule has 1 amide bonds. The Kier molecular flexibility index (Phi) is 10.7. The van der Waals surface area contributed by atoms with Crippen LogP contribution >= 0.6 is 0 Å². The topological polar surface area (TPSA) is 49.7 Å². The third kappa shape index (κ3) is 6.17. The zero-order chi connectivity index (χ0) is 15.6. The summed E-state index contributed by atoms with van der Waals surface area (Å²) in [7, 11) is 0. The Hall–Kier alpha value is -0.930. The molecule has 0 aliphatic carbocycles. The van der Waals surface area contributed by atoms with Crippen molar-refractivity contribution >= 4 is 5.91 Å². The van der Waals surface area contributed by atoms with Gasteiger partial charge in [0.15, 0.2) is 6.17 Å². The predicted octanol–water partition coefficient (Wildman–Crippen LogP) is 4.44. The maximum Gasteiger partial charge on any atom is 0.227 e. The van der Waals surface area contributed by atoms with Gasteiger partial charge in [-0.1, -0.05) is 55.4 Å². The van der Waals surface area contributed by atoms with Crippen molar-refractivity contribution in [3.8, 4) is 0 Å². The molecule has 2 atom stereocenters. The minimum absolute atomic E-state index is 0.0598. The molecule has 0 bridgehead atoms. The van der Waals surface area contributed by atoms with Gasteiger partial charge in [-0.05, 0) is 23.4 Å². The predicted molar refractivity (Wildman–Crippen MR) is 81.8 cm³/mol. The maximum absolute atomic E-state index is 12.1. The van der Waals surface area contributed by atoms with E-state index in [4.69, 9.17) is 0 Å². The summed E-state index contributed by atoms with van der Waals surface area (Å²) in [5, 5.41) is 3.01. The van der Waals surface area contributed by atoms with Crippen molar-refractivity contribution in [3.63, 3.8) is 0 Å². The fraction of sp³-hybridized carbons (Fsp3) is 0.933. The van der Waals surface area contributed by atoms with Gasteiger partial charge in [0.05, 0.1) is 0 Å². The van der Waals surface area contributed by atoms with Gasteiger partial charge >= 0.3 is 0 Å². The van der Waals surface area contributed by atoms with Gasteiger partial charge < -0.3 is 4.90 Å². The third-order valence-electron chi connectivity index (χ3n) is 3.30. The Morgan fingerprint density at radius 3 is 2.05 bits per heavy atom. The van der Waals surface area contributed by atoms with E-state index >= 15 is 0 Å². The minimum atomic E-state index is -0.428. The molecule has 1 fully saturated rings. The van der Waals surface area contributed by atoms with Gasteiger partial charge in [-0.3, -0.25) is 4.79 Å². The van der Waals surface area contributed by atoms with Crippen LogP contribution in [0.3, 0.4) is 0 Å². The summed E-state index contributed by atoms with van der Waals surface area (Å²) in [5.41, 5.74) is -0.0624. The highest BCUT2D eigenvalue weighted by Crippen LogP contribution is 2.30. The molecule has 0 saturated carbocycles. The van der Waals surface area contributed by atoms with Crippen molar-refractivity contribution < 1.29 is 4.79 Å². The first-order valence-corrected chi connectivity index (χ1v) is 7.51. The molecule has 2 unspecified atom stereocenters. The molecule has 0 radical (unpaired) electrons. The third-order valence-corrected chi connectivity index (χ3v) is 3.30. The summed E-state index contributed by atoms with van der Waals surface area (Å²) in [5.74, 6) is -0.00977. The van der Waals surface area contributed by atoms with Crippen molar-refractivity contribution in [1.29, 1.82) is 0 Å². The number of hydrogen-bond donors (Lipinski definition) is 0. The van der Waals surface area contributed by atoms with Crippen molar-refractivity contribution in [1.82, 2.24) is 4.90 Å². The first kappa shape index (κ1) is 20.4. The number of nitrogens with zero attached hydrogens (tertiary/aromatic N) is 2. The molecule has 0 aromatic heterocycles. The quantitative estimate of drug-likeness (QED) is 0.698. The molecule has 1 heterocycles. The van der Waals surface area contributed by atoms with Crippen molar-refractivity contribution in [2.45, 2.75) is 74.4 Å². The van der Waals surface area contributed by atoms with Crippen LogP contribution in [-0.2, 0) is 4.79 Å². The normalized spacial score (nSPS) is 19.6. The molecule has 0 N–H and O–H groups in total. The number of nitroso groups, excluding NO2 is 1. The lowest BCUT2D eigenvalue weighted by atomic mass is 9.81. The molecular formula is C15H32N2O2. The van der Waals surface area contributed by atoms with Crippen LogP contribution < -0.4 is 0 Å². The molecular weight excluding hydrogens is 240 g/mol. The average Bonchev–Trinajstić information content (AvgIpc) is 2.89. The fourth-order valence-corrected chi connectivity index (χ4v) is 1.73. The molecule has 1 rings (SSSR count). The molecule has 0 spiro atoms. The van der Waals surface area contributed by atoms with Gasteiger partial charge in [0.2, 0.25) is 5.91 Å². The molecule has 0 aromatic rings. The molecule has 19 heavy (non-hydrogen) atoms. The highest BCUT2D eigenvalue weighted by Gasteiger charge is 2.36. The van der Waals surface area contributed by atoms with Crippen LogP contribution in [0.15, 0.2) is 5.18 Å². The van der Waals surface area contributed by atoms with Gasteiger partial charge in [0, 0.05) is 12.5 Å². The maximum atomic E-state index is 12.1. The number of likely N-dealkylation sites (tertiary alicyclic amines) is 1. The van der Waals surface area contributed by atoms with Gasteiger partial charge in [-0.25, -0.2) is 0 Å². The van der Waals surface area contributed by atoms with Crippen LogP contribution in [0.5, 0.6) is 0 Å². The average molecular weight is 272 g/mol. The summed E-state index contributed by atoms with van der Waals surface area (Å²) in [4.78, 5) is 24.3. The molecule has 4 heteroatoms. The van der Waals surface area contributed by atoms with E-state index in [1.807, 2.05) is 55.4 Å². The van der Waals surface area contributed by atoms with E-state index < -0.39 is 6.17 Å². The summed E-state index contributed by atoms with van der Waals surface area (Å²) in [6.07, 6.45) is 1.17. The second kappa shape index (κ2) is 9.93. The van der Waals surface area contributed by atoms with E-state index in [1.165, 1.54) is 0 Å². The Labute approximate surface area is 118 Å². The molecule has 1 aliphatic heterocycles. The minimum Gasteiger partial charge on any atom is -0.317 e. The molecule has 1 saturated heterocycles. The standard InChI is InChI=1S/C11H20N2O2.2C2H6/c1-8(11(2,3)4)10(14)13-7-5-6-9(13)12-15;2*1-2/h8-9H,5-7H2,1-4H3;2*1-2H3. The van der Waals surface area contributed by atoms with Crippen molar-refractivity contribution in [3.05, 3.63) is 4.91 Å². The van der Waals surface area contributed by atoms with E-state index in [1.54, 1.807) is 4.90 Å². The van der Waals surface area contributed by atoms with Crippen LogP contribution in [0.1, 0.15) is 68.2 Å². The van der Waals surface area contributed by atoms with Crippen molar-refractivity contribution in [2.24, 2.45) is 16.5 Å². The smallest absolute Gasteiger partial charge is 0.227 e.